The fourth-order valence-corrected chi connectivity index (χ4v) is 9.79. The van der Waals surface area contributed by atoms with Crippen molar-refractivity contribution in [1.82, 2.24) is 5.32 Å². The zero-order valence-electron chi connectivity index (χ0n) is 53.2. The van der Waals surface area contributed by atoms with E-state index < -0.39 is 67.4 Å². The molecule has 0 aliphatic carbocycles. The molecule has 8 unspecified atom stereocenters. The molecule has 1 fully saturated rings. The smallest absolute Gasteiger partial charge is 0.306 e. The molecule has 8 atom stereocenters. The van der Waals surface area contributed by atoms with Crippen molar-refractivity contribution in [2.75, 3.05) is 13.2 Å². The summed E-state index contributed by atoms with van der Waals surface area (Å²) in [6, 6.07) is -1.06. The Morgan fingerprint density at radius 3 is 1.31 bits per heavy atom. The highest BCUT2D eigenvalue weighted by atomic mass is 16.7. The van der Waals surface area contributed by atoms with E-state index in [9.17, 15) is 35.1 Å². The zero-order chi connectivity index (χ0) is 61.0. The van der Waals surface area contributed by atoms with Gasteiger partial charge in [-0.3, -0.25) is 9.59 Å². The van der Waals surface area contributed by atoms with Gasteiger partial charge in [0, 0.05) is 6.42 Å². The Bertz CT molecular complexity index is 1830. The Hall–Kier alpha value is -3.94. The highest BCUT2D eigenvalue weighted by molar-refractivity contribution is 5.80. The Labute approximate surface area is 512 Å². The van der Waals surface area contributed by atoms with Gasteiger partial charge >= 0.3 is 5.97 Å². The molecule has 0 spiro atoms. The van der Waals surface area contributed by atoms with Gasteiger partial charge in [-0.05, 0) is 109 Å². The van der Waals surface area contributed by atoms with E-state index in [4.69, 9.17) is 14.2 Å². The van der Waals surface area contributed by atoms with Crippen molar-refractivity contribution in [3.8, 4) is 0 Å². The molecule has 0 aromatic rings. The number of unbranched alkanes of at least 4 members (excludes halogenated alkanes) is 24. The molecule has 1 rings (SSSR count). The second-order valence-corrected chi connectivity index (χ2v) is 22.8. The van der Waals surface area contributed by atoms with Crippen LogP contribution in [0.15, 0.2) is 122 Å². The Kier molecular flexibility index (Phi) is 55.2. The lowest BCUT2D eigenvalue weighted by Crippen LogP contribution is -2.61. The van der Waals surface area contributed by atoms with Gasteiger partial charge in [0.1, 0.15) is 24.4 Å². The first kappa shape index (κ1) is 78.1. The van der Waals surface area contributed by atoms with Gasteiger partial charge in [0.2, 0.25) is 5.91 Å². The number of rotatable bonds is 56. The lowest BCUT2D eigenvalue weighted by Gasteiger charge is -2.41. The number of allylic oxidation sites excluding steroid dienone is 19. The van der Waals surface area contributed by atoms with E-state index >= 15 is 0 Å². The minimum absolute atomic E-state index is 0.106. The Morgan fingerprint density at radius 2 is 0.857 bits per heavy atom. The summed E-state index contributed by atoms with van der Waals surface area (Å²) in [7, 11) is 0. The standard InChI is InChI=1S/C73H123NO10/c1-4-7-10-13-16-19-22-25-27-29-30-31-32-33-34-35-36-37-38-39-41-43-46-49-52-55-58-61-68(78)84-71-70(80)69(79)67(62-75)83-73(71)82-63-64(65(76)59-56-53-50-47-44-24-21-18-15-12-9-6-3)74-72(81)66(77)60-57-54-51-48-45-42-40-28-26-23-20-17-14-11-8-5-2/h8,11,16-17,19-20,25-28,30-31,33-34,42,45,51,54,56,59,64-67,69-71,73,75-77,79-80H,4-7,9-10,12-15,18,21-24,29,32,35-41,43-44,46-50,52-53,55,57-58,60-63H2,1-3H3,(H,74,81)/b11-8-,19-16-,20-17-,27-25-,28-26-,31-30-,34-33-,45-42-,54-51-,59-56+. The molecule has 1 aliphatic rings. The van der Waals surface area contributed by atoms with Gasteiger partial charge < -0.3 is 45.1 Å². The van der Waals surface area contributed by atoms with Crippen LogP contribution < -0.4 is 5.32 Å². The highest BCUT2D eigenvalue weighted by Crippen LogP contribution is 2.26. The average molecular weight is 1170 g/mol. The minimum Gasteiger partial charge on any atom is -0.454 e. The third kappa shape index (κ3) is 46.3. The van der Waals surface area contributed by atoms with Gasteiger partial charge in [-0.15, -0.1) is 0 Å². The third-order valence-electron chi connectivity index (χ3n) is 15.1. The average Bonchev–Trinajstić information content (AvgIpc) is 3.54. The summed E-state index contributed by atoms with van der Waals surface area (Å²) >= 11 is 0. The summed E-state index contributed by atoms with van der Waals surface area (Å²) in [5, 5.41) is 57.0. The van der Waals surface area contributed by atoms with E-state index in [1.54, 1.807) is 6.08 Å². The van der Waals surface area contributed by atoms with Gasteiger partial charge in [-0.25, -0.2) is 0 Å². The highest BCUT2D eigenvalue weighted by Gasteiger charge is 2.47. The summed E-state index contributed by atoms with van der Waals surface area (Å²) in [6.45, 7) is 5.61. The predicted octanol–water partition coefficient (Wildman–Crippen LogP) is 17.0. The van der Waals surface area contributed by atoms with Crippen LogP contribution in [0, 0.1) is 0 Å². The molecule has 0 aromatic heterocycles. The number of carbonyl (C=O) groups excluding carboxylic acids is 2. The lowest BCUT2D eigenvalue weighted by atomic mass is 9.99. The third-order valence-corrected chi connectivity index (χ3v) is 15.1. The van der Waals surface area contributed by atoms with Gasteiger partial charge in [0.15, 0.2) is 12.4 Å². The zero-order valence-corrected chi connectivity index (χ0v) is 53.2. The molecule has 0 radical (unpaired) electrons. The molecule has 6 N–H and O–H groups in total. The van der Waals surface area contributed by atoms with Crippen LogP contribution in [0.25, 0.3) is 0 Å². The van der Waals surface area contributed by atoms with Crippen molar-refractivity contribution in [3.05, 3.63) is 122 Å². The number of esters is 1. The number of nitrogens with one attached hydrogen (secondary N) is 1. The Balaban J connectivity index is 2.61. The van der Waals surface area contributed by atoms with Gasteiger partial charge in [-0.1, -0.05) is 271 Å². The first-order chi connectivity index (χ1) is 41.2. The van der Waals surface area contributed by atoms with Crippen molar-refractivity contribution in [2.24, 2.45) is 0 Å². The van der Waals surface area contributed by atoms with Gasteiger partial charge in [-0.2, -0.15) is 0 Å². The molecule has 1 saturated heterocycles. The summed E-state index contributed by atoms with van der Waals surface area (Å²) in [5.74, 6) is -1.27. The van der Waals surface area contributed by atoms with Crippen LogP contribution in [-0.2, 0) is 23.8 Å². The first-order valence-electron chi connectivity index (χ1n) is 33.8. The first-order valence-corrected chi connectivity index (χ1v) is 33.8. The summed E-state index contributed by atoms with van der Waals surface area (Å²) in [6.07, 6.45) is 72.5. The second kappa shape index (κ2) is 59.4. The number of hydrogen-bond donors (Lipinski definition) is 6. The van der Waals surface area contributed by atoms with Crippen LogP contribution in [-0.4, -0.2) is 99.6 Å². The van der Waals surface area contributed by atoms with Crippen LogP contribution in [0.1, 0.15) is 265 Å². The van der Waals surface area contributed by atoms with Crippen LogP contribution in [0.3, 0.4) is 0 Å². The molecule has 1 amide bonds. The Morgan fingerprint density at radius 1 is 0.476 bits per heavy atom. The maximum Gasteiger partial charge on any atom is 0.306 e. The molecular formula is C73H123NO10. The minimum atomic E-state index is -1.63. The number of aliphatic hydroxyl groups excluding tert-OH is 5. The van der Waals surface area contributed by atoms with Crippen molar-refractivity contribution < 1.29 is 49.3 Å². The van der Waals surface area contributed by atoms with Crippen LogP contribution in [0.2, 0.25) is 0 Å². The van der Waals surface area contributed by atoms with Crippen LogP contribution in [0.5, 0.6) is 0 Å². The summed E-state index contributed by atoms with van der Waals surface area (Å²) < 4.78 is 17.6. The molecule has 0 bridgehead atoms. The number of amides is 1. The topological polar surface area (TPSA) is 175 Å². The normalized spacial score (nSPS) is 19.3. The maximum atomic E-state index is 13.4. The lowest BCUT2D eigenvalue weighted by molar-refractivity contribution is -0.305. The summed E-state index contributed by atoms with van der Waals surface area (Å²) in [5.41, 5.74) is 0. The van der Waals surface area contributed by atoms with E-state index in [1.807, 2.05) is 18.2 Å². The number of aliphatic hydroxyl groups is 5. The SMILES string of the molecule is CC/C=C\C/C=C\C/C=C\C/C=C\C/C=C\CCC(O)C(=O)NC(COC1OC(CO)C(O)C(O)C1OC(=O)CCCCCCCCCCCCC/C=C\C/C=C\C/C=C\C/C=C\CCCCC)C(O)/C=C/CCCCCCCCCCCC. The quantitative estimate of drug-likeness (QED) is 0.0195. The predicted molar refractivity (Wildman–Crippen MR) is 351 cm³/mol. The van der Waals surface area contributed by atoms with Crippen LogP contribution in [0.4, 0.5) is 0 Å². The second-order valence-electron chi connectivity index (χ2n) is 22.8. The molecule has 11 nitrogen and oxygen atoms in total. The van der Waals surface area contributed by atoms with Gasteiger partial charge in [0.05, 0.1) is 25.4 Å². The molecular weight excluding hydrogens is 1050 g/mol. The van der Waals surface area contributed by atoms with E-state index in [1.165, 1.54) is 109 Å². The largest absolute Gasteiger partial charge is 0.454 e. The number of carbonyl (C=O) groups is 2. The van der Waals surface area contributed by atoms with Gasteiger partial charge in [0.25, 0.3) is 0 Å². The molecule has 11 heteroatoms. The van der Waals surface area contributed by atoms with Crippen molar-refractivity contribution in [3.63, 3.8) is 0 Å². The molecule has 480 valence electrons. The maximum absolute atomic E-state index is 13.4. The molecule has 1 aliphatic heterocycles. The molecule has 0 saturated carbocycles. The van der Waals surface area contributed by atoms with Crippen molar-refractivity contribution in [1.29, 1.82) is 0 Å². The van der Waals surface area contributed by atoms with E-state index in [0.29, 0.717) is 12.8 Å². The molecule has 0 aromatic carbocycles. The number of ether oxygens (including phenoxy) is 3. The fraction of sp³-hybridized carbons (Fsp3) is 0.699. The van der Waals surface area contributed by atoms with E-state index in [-0.39, 0.29) is 19.4 Å². The fourth-order valence-electron chi connectivity index (χ4n) is 9.79. The van der Waals surface area contributed by atoms with Crippen molar-refractivity contribution in [2.45, 2.75) is 314 Å². The molecule has 84 heavy (non-hydrogen) atoms. The number of hydrogen-bond acceptors (Lipinski definition) is 10. The summed E-state index contributed by atoms with van der Waals surface area (Å²) in [4.78, 5) is 26.6. The monoisotopic (exact) mass is 1170 g/mol. The van der Waals surface area contributed by atoms with E-state index in [0.717, 1.165) is 109 Å². The van der Waals surface area contributed by atoms with Crippen LogP contribution >= 0.6 is 0 Å². The molecule has 1 heterocycles. The van der Waals surface area contributed by atoms with Crippen molar-refractivity contribution >= 4 is 11.9 Å². The van der Waals surface area contributed by atoms with E-state index in [2.05, 4.69) is 123 Å².